The van der Waals surface area contributed by atoms with E-state index < -0.39 is 0 Å². The first kappa shape index (κ1) is 10.8. The molecule has 0 atom stereocenters. The lowest BCUT2D eigenvalue weighted by Crippen LogP contribution is -2.04. The quantitative estimate of drug-likeness (QED) is 0.355. The second kappa shape index (κ2) is 7.86. The molecule has 0 bridgehead atoms. The van der Waals surface area contributed by atoms with Gasteiger partial charge in [0.05, 0.1) is 6.61 Å². The van der Waals surface area contributed by atoms with Gasteiger partial charge < -0.3 is 4.74 Å². The summed E-state index contributed by atoms with van der Waals surface area (Å²) in [6.07, 6.45) is 3.18. The Hall–Kier alpha value is -0.240. The van der Waals surface area contributed by atoms with Crippen LogP contribution in [-0.2, 0) is 9.53 Å². The van der Waals surface area contributed by atoms with E-state index in [-0.39, 0.29) is 5.97 Å². The molecule has 0 aliphatic carbocycles. The summed E-state index contributed by atoms with van der Waals surface area (Å²) in [6.45, 7) is 2.48. The predicted octanol–water partition coefficient (Wildman–Crippen LogP) is 2.35. The van der Waals surface area contributed by atoms with Gasteiger partial charge in [0.2, 0.25) is 0 Å². The van der Waals surface area contributed by atoms with Gasteiger partial charge in [-0.3, -0.25) is 4.79 Å². The second-order valence-electron chi connectivity index (χ2n) is 2.37. The molecule has 0 aromatic rings. The minimum atomic E-state index is -0.0953. The number of halogens is 1. The average molecular weight is 179 g/mol. The van der Waals surface area contributed by atoms with Crippen LogP contribution in [0, 0.1) is 0 Å². The van der Waals surface area contributed by atoms with Crippen molar-refractivity contribution in [2.24, 2.45) is 0 Å². The highest BCUT2D eigenvalue weighted by Crippen LogP contribution is 1.95. The summed E-state index contributed by atoms with van der Waals surface area (Å²) < 4.78 is 4.89. The van der Waals surface area contributed by atoms with Crippen LogP contribution in [0.25, 0.3) is 0 Å². The van der Waals surface area contributed by atoms with Crippen LogP contribution in [0.2, 0.25) is 0 Å². The zero-order valence-corrected chi connectivity index (χ0v) is 7.69. The lowest BCUT2D eigenvalue weighted by atomic mass is 10.3. The molecule has 0 aliphatic heterocycles. The third-order valence-corrected chi connectivity index (χ3v) is 1.51. The summed E-state index contributed by atoms with van der Waals surface area (Å²) in [4.78, 5) is 10.8. The van der Waals surface area contributed by atoms with Gasteiger partial charge in [-0.05, 0) is 19.3 Å². The molecular weight excluding hydrogens is 164 g/mol. The van der Waals surface area contributed by atoms with E-state index in [0.29, 0.717) is 18.9 Å². The van der Waals surface area contributed by atoms with E-state index in [9.17, 15) is 4.79 Å². The molecule has 0 rings (SSSR count). The number of unbranched alkanes of at least 4 members (excludes halogenated alkanes) is 1. The molecule has 0 amide bonds. The molecule has 2 nitrogen and oxygen atoms in total. The number of hydrogen-bond acceptors (Lipinski definition) is 2. The van der Waals surface area contributed by atoms with Crippen LogP contribution >= 0.6 is 11.6 Å². The van der Waals surface area contributed by atoms with Gasteiger partial charge in [-0.1, -0.05) is 6.92 Å². The molecular formula is C8H15ClO2. The van der Waals surface area contributed by atoms with E-state index >= 15 is 0 Å². The molecule has 0 radical (unpaired) electrons. The van der Waals surface area contributed by atoms with Crippen molar-refractivity contribution >= 4 is 17.6 Å². The molecule has 3 heteroatoms. The summed E-state index contributed by atoms with van der Waals surface area (Å²) in [5, 5.41) is 0. The van der Waals surface area contributed by atoms with Crippen LogP contribution in [0.1, 0.15) is 32.6 Å². The molecule has 66 valence electrons. The Labute approximate surface area is 72.9 Å². The van der Waals surface area contributed by atoms with Crippen LogP contribution in [0.4, 0.5) is 0 Å². The molecule has 0 N–H and O–H groups in total. The number of ether oxygens (including phenoxy) is 1. The number of carbonyl (C=O) groups is 1. The number of alkyl halides is 1. The van der Waals surface area contributed by atoms with Crippen molar-refractivity contribution in [1.29, 1.82) is 0 Å². The van der Waals surface area contributed by atoms with Crippen molar-refractivity contribution in [3.8, 4) is 0 Å². The fraction of sp³-hybridized carbons (Fsp3) is 0.875. The summed E-state index contributed by atoms with van der Waals surface area (Å²) in [5.41, 5.74) is 0. The van der Waals surface area contributed by atoms with Gasteiger partial charge in [-0.25, -0.2) is 0 Å². The third kappa shape index (κ3) is 7.66. The fourth-order valence-electron chi connectivity index (χ4n) is 0.659. The van der Waals surface area contributed by atoms with Crippen molar-refractivity contribution < 1.29 is 9.53 Å². The highest BCUT2D eigenvalue weighted by atomic mass is 35.5. The van der Waals surface area contributed by atoms with E-state index in [1.807, 2.05) is 6.92 Å². The molecule has 0 saturated carbocycles. The van der Waals surface area contributed by atoms with E-state index in [2.05, 4.69) is 0 Å². The van der Waals surface area contributed by atoms with Gasteiger partial charge in [0, 0.05) is 12.3 Å². The molecule has 11 heavy (non-hydrogen) atoms. The lowest BCUT2D eigenvalue weighted by Gasteiger charge is -2.01. The van der Waals surface area contributed by atoms with Gasteiger partial charge in [0.15, 0.2) is 0 Å². The van der Waals surface area contributed by atoms with Crippen molar-refractivity contribution in [1.82, 2.24) is 0 Å². The Kier molecular flexibility index (Phi) is 7.69. The number of carbonyl (C=O) groups excluding carboxylic acids is 1. The Morgan fingerprint density at radius 2 is 2.18 bits per heavy atom. The third-order valence-electron chi connectivity index (χ3n) is 1.25. The van der Waals surface area contributed by atoms with Crippen LogP contribution in [0.3, 0.4) is 0 Å². The standard InChI is InChI=1S/C8H15ClO2/c1-2-5-8(10)11-7-4-3-6-9/h2-7H2,1H3. The highest BCUT2D eigenvalue weighted by molar-refractivity contribution is 6.17. The first-order chi connectivity index (χ1) is 5.31. The summed E-state index contributed by atoms with van der Waals surface area (Å²) in [6, 6.07) is 0. The molecule has 0 spiro atoms. The number of hydrogen-bond donors (Lipinski definition) is 0. The smallest absolute Gasteiger partial charge is 0.305 e. The van der Waals surface area contributed by atoms with Gasteiger partial charge >= 0.3 is 5.97 Å². The molecule has 0 fully saturated rings. The molecule has 0 unspecified atom stereocenters. The Bertz CT molecular complexity index is 104. The highest BCUT2D eigenvalue weighted by Gasteiger charge is 1.98. The van der Waals surface area contributed by atoms with Crippen LogP contribution in [0.5, 0.6) is 0 Å². The molecule has 0 aliphatic rings. The largest absolute Gasteiger partial charge is 0.466 e. The molecule has 0 aromatic heterocycles. The van der Waals surface area contributed by atoms with E-state index in [1.165, 1.54) is 0 Å². The first-order valence-electron chi connectivity index (χ1n) is 4.02. The van der Waals surface area contributed by atoms with Crippen molar-refractivity contribution in [3.63, 3.8) is 0 Å². The van der Waals surface area contributed by atoms with Gasteiger partial charge in [0.1, 0.15) is 0 Å². The Balaban J connectivity index is 3.04. The normalized spacial score (nSPS) is 9.64. The summed E-state index contributed by atoms with van der Waals surface area (Å²) in [7, 11) is 0. The monoisotopic (exact) mass is 178 g/mol. The van der Waals surface area contributed by atoms with Crippen molar-refractivity contribution in [2.75, 3.05) is 12.5 Å². The topological polar surface area (TPSA) is 26.3 Å². The maximum absolute atomic E-state index is 10.8. The minimum Gasteiger partial charge on any atom is -0.466 e. The summed E-state index contributed by atoms with van der Waals surface area (Å²) in [5.74, 6) is 0.549. The van der Waals surface area contributed by atoms with Gasteiger partial charge in [-0.2, -0.15) is 0 Å². The van der Waals surface area contributed by atoms with Gasteiger partial charge in [-0.15, -0.1) is 11.6 Å². The van der Waals surface area contributed by atoms with Crippen molar-refractivity contribution in [3.05, 3.63) is 0 Å². The molecule has 0 aromatic carbocycles. The maximum atomic E-state index is 10.8. The van der Waals surface area contributed by atoms with Crippen LogP contribution < -0.4 is 0 Å². The van der Waals surface area contributed by atoms with E-state index in [4.69, 9.17) is 16.3 Å². The zero-order chi connectivity index (χ0) is 8.53. The molecule has 0 saturated heterocycles. The number of rotatable bonds is 6. The fourth-order valence-corrected chi connectivity index (χ4v) is 0.848. The average Bonchev–Trinajstić information content (AvgIpc) is 1.99. The zero-order valence-electron chi connectivity index (χ0n) is 6.94. The second-order valence-corrected chi connectivity index (χ2v) is 2.74. The van der Waals surface area contributed by atoms with Crippen molar-refractivity contribution in [2.45, 2.75) is 32.6 Å². The van der Waals surface area contributed by atoms with Crippen LogP contribution in [0.15, 0.2) is 0 Å². The Morgan fingerprint density at radius 1 is 1.45 bits per heavy atom. The Morgan fingerprint density at radius 3 is 2.73 bits per heavy atom. The first-order valence-corrected chi connectivity index (χ1v) is 4.56. The van der Waals surface area contributed by atoms with E-state index in [0.717, 1.165) is 19.3 Å². The SMILES string of the molecule is CCCC(=O)OCCCCCl. The van der Waals surface area contributed by atoms with Gasteiger partial charge in [0.25, 0.3) is 0 Å². The predicted molar refractivity (Wildman–Crippen MR) is 45.8 cm³/mol. The summed E-state index contributed by atoms with van der Waals surface area (Å²) >= 11 is 5.44. The lowest BCUT2D eigenvalue weighted by molar-refractivity contribution is -0.143. The number of esters is 1. The minimum absolute atomic E-state index is 0.0953. The van der Waals surface area contributed by atoms with E-state index in [1.54, 1.807) is 0 Å². The maximum Gasteiger partial charge on any atom is 0.305 e. The molecule has 0 heterocycles. The van der Waals surface area contributed by atoms with Crippen LogP contribution in [-0.4, -0.2) is 18.5 Å².